The first kappa shape index (κ1) is 21.8. The molecule has 1 aliphatic heterocycles. The van der Waals surface area contributed by atoms with Gasteiger partial charge in [0.05, 0.1) is 35.8 Å². The lowest BCUT2D eigenvalue weighted by Crippen LogP contribution is -2.39. The number of hydrogen-bond acceptors (Lipinski definition) is 5. The molecule has 0 saturated carbocycles. The highest BCUT2D eigenvalue weighted by atomic mass is 32.1. The molecule has 2 aromatic heterocycles. The van der Waals surface area contributed by atoms with E-state index in [1.807, 2.05) is 0 Å². The Kier molecular flexibility index (Phi) is 5.38. The first-order valence-electron chi connectivity index (χ1n) is 10.7. The molecule has 1 amide bonds. The Morgan fingerprint density at radius 1 is 1.12 bits per heavy atom. The lowest BCUT2D eigenvalue weighted by Gasteiger charge is -2.25. The highest BCUT2D eigenvalue weighted by Gasteiger charge is 2.27. The van der Waals surface area contributed by atoms with Crippen LogP contribution in [-0.2, 0) is 24.3 Å². The van der Waals surface area contributed by atoms with Crippen molar-refractivity contribution >= 4 is 27.5 Å². The normalized spacial score (nSPS) is 13.0. The molecule has 0 saturated heterocycles. The van der Waals surface area contributed by atoms with Crippen molar-refractivity contribution < 1.29 is 9.18 Å². The van der Waals surface area contributed by atoms with Crippen LogP contribution in [0.5, 0.6) is 0 Å². The molecule has 0 spiro atoms. The number of nitriles is 1. The van der Waals surface area contributed by atoms with Gasteiger partial charge in [0.25, 0.3) is 5.56 Å². The molecule has 5 rings (SSSR count). The largest absolute Gasteiger partial charge is 0.337 e. The second kappa shape index (κ2) is 8.39. The van der Waals surface area contributed by atoms with Gasteiger partial charge in [0.1, 0.15) is 10.6 Å². The van der Waals surface area contributed by atoms with Gasteiger partial charge in [0.2, 0.25) is 5.91 Å². The van der Waals surface area contributed by atoms with Crippen LogP contribution in [0.4, 0.5) is 4.39 Å². The van der Waals surface area contributed by atoms with E-state index in [0.717, 1.165) is 20.6 Å². The molecule has 7 nitrogen and oxygen atoms in total. The molecule has 3 heterocycles. The lowest BCUT2D eigenvalue weighted by molar-refractivity contribution is -0.129. The molecular weight excluding hydrogens is 455 g/mol. The van der Waals surface area contributed by atoms with Gasteiger partial charge in [-0.1, -0.05) is 12.1 Å². The van der Waals surface area contributed by atoms with E-state index >= 15 is 0 Å². The van der Waals surface area contributed by atoms with Gasteiger partial charge in [-0.3, -0.25) is 14.2 Å². The van der Waals surface area contributed by atoms with E-state index in [-0.39, 0.29) is 18.1 Å². The number of nitrogens with zero attached hydrogens (tertiary/aromatic N) is 4. The summed E-state index contributed by atoms with van der Waals surface area (Å²) in [6, 6.07) is 14.2. The van der Waals surface area contributed by atoms with Gasteiger partial charge in [0, 0.05) is 18.3 Å². The molecular formula is C25H19FN4O3S. The number of thiophene rings is 1. The zero-order chi connectivity index (χ0) is 24.0. The van der Waals surface area contributed by atoms with Crippen molar-refractivity contribution in [3.63, 3.8) is 0 Å². The topological polar surface area (TPSA) is 88.1 Å². The number of carbonyl (C=O) groups excluding carboxylic acids is 1. The summed E-state index contributed by atoms with van der Waals surface area (Å²) in [4.78, 5) is 42.3. The fraction of sp³-hybridized carbons (Fsp3) is 0.200. The van der Waals surface area contributed by atoms with Crippen molar-refractivity contribution in [2.45, 2.75) is 26.4 Å². The molecule has 0 radical (unpaired) electrons. The van der Waals surface area contributed by atoms with Crippen LogP contribution in [-0.4, -0.2) is 26.5 Å². The van der Waals surface area contributed by atoms with Crippen molar-refractivity contribution in [3.05, 3.63) is 96.8 Å². The standard InChI is InChI=1S/C25H19FN4O3S/c1-15(31)28-11-10-20-21(14-28)34-24-22(20)23(32)30(19-8-6-18(26)7-9-19)25(33)29(24)13-17-4-2-16(12-27)3-5-17/h2-9H,10-11,13-14H2,1H3. The third-order valence-corrected chi connectivity index (χ3v) is 7.32. The first-order chi connectivity index (χ1) is 16.4. The molecule has 0 N–H and O–H groups in total. The zero-order valence-electron chi connectivity index (χ0n) is 18.2. The monoisotopic (exact) mass is 474 g/mol. The van der Waals surface area contributed by atoms with Crippen molar-refractivity contribution in [1.82, 2.24) is 14.0 Å². The van der Waals surface area contributed by atoms with Crippen molar-refractivity contribution in [1.29, 1.82) is 5.26 Å². The van der Waals surface area contributed by atoms with Crippen molar-refractivity contribution in [2.75, 3.05) is 6.54 Å². The Balaban J connectivity index is 1.77. The molecule has 9 heteroatoms. The number of aromatic nitrogens is 2. The summed E-state index contributed by atoms with van der Waals surface area (Å²) in [5.74, 6) is -0.505. The van der Waals surface area contributed by atoms with Crippen molar-refractivity contribution in [3.8, 4) is 11.8 Å². The molecule has 0 unspecified atom stereocenters. The predicted molar refractivity (Wildman–Crippen MR) is 127 cm³/mol. The number of benzene rings is 2. The molecule has 0 aliphatic carbocycles. The van der Waals surface area contributed by atoms with Gasteiger partial charge < -0.3 is 4.90 Å². The average molecular weight is 475 g/mol. The Morgan fingerprint density at radius 2 is 1.82 bits per heavy atom. The van der Waals surface area contributed by atoms with Crippen LogP contribution in [0.1, 0.15) is 28.5 Å². The first-order valence-corrected chi connectivity index (χ1v) is 11.5. The van der Waals surface area contributed by atoms with Gasteiger partial charge in [-0.05, 0) is 53.9 Å². The molecule has 1 aliphatic rings. The van der Waals surface area contributed by atoms with Gasteiger partial charge in [-0.25, -0.2) is 13.8 Å². The molecule has 170 valence electrons. The van der Waals surface area contributed by atoms with Crippen LogP contribution in [0.25, 0.3) is 15.9 Å². The second-order valence-electron chi connectivity index (χ2n) is 8.17. The highest BCUT2D eigenvalue weighted by molar-refractivity contribution is 7.18. The Morgan fingerprint density at radius 3 is 2.47 bits per heavy atom. The zero-order valence-corrected chi connectivity index (χ0v) is 19.1. The number of rotatable bonds is 3. The number of fused-ring (bicyclic) bond motifs is 3. The van der Waals surface area contributed by atoms with E-state index in [2.05, 4.69) is 6.07 Å². The van der Waals surface area contributed by atoms with E-state index < -0.39 is 17.1 Å². The summed E-state index contributed by atoms with van der Waals surface area (Å²) in [7, 11) is 0. The summed E-state index contributed by atoms with van der Waals surface area (Å²) in [6.45, 7) is 2.60. The van der Waals surface area contributed by atoms with Gasteiger partial charge in [-0.15, -0.1) is 11.3 Å². The molecule has 4 aromatic rings. The van der Waals surface area contributed by atoms with Gasteiger partial charge >= 0.3 is 5.69 Å². The third kappa shape index (κ3) is 3.62. The minimum absolute atomic E-state index is 0.0400. The maximum Gasteiger partial charge on any atom is 0.337 e. The summed E-state index contributed by atoms with van der Waals surface area (Å²) in [5.41, 5.74) is 1.46. The van der Waals surface area contributed by atoms with Crippen LogP contribution in [0.3, 0.4) is 0 Å². The van der Waals surface area contributed by atoms with Crippen LogP contribution in [0.15, 0.2) is 58.1 Å². The molecule has 0 atom stereocenters. The number of carbonyl (C=O) groups is 1. The quantitative estimate of drug-likeness (QED) is 0.456. The van der Waals surface area contributed by atoms with Crippen LogP contribution in [0, 0.1) is 17.1 Å². The van der Waals surface area contributed by atoms with E-state index in [9.17, 15) is 18.8 Å². The number of hydrogen-bond donors (Lipinski definition) is 0. The van der Waals surface area contributed by atoms with E-state index in [1.54, 1.807) is 33.7 Å². The lowest BCUT2D eigenvalue weighted by atomic mass is 10.1. The Labute approximate surface area is 197 Å². The Hall–Kier alpha value is -4.03. The third-order valence-electron chi connectivity index (χ3n) is 6.08. The molecule has 34 heavy (non-hydrogen) atoms. The van der Waals surface area contributed by atoms with Gasteiger partial charge in [-0.2, -0.15) is 5.26 Å². The summed E-state index contributed by atoms with van der Waals surface area (Å²) in [5, 5.41) is 9.53. The summed E-state index contributed by atoms with van der Waals surface area (Å²) >= 11 is 1.35. The minimum Gasteiger partial charge on any atom is -0.337 e. The SMILES string of the molecule is CC(=O)N1CCc2c(sc3c2c(=O)n(-c2ccc(F)cc2)c(=O)n3Cc2ccc(C#N)cc2)C1. The number of halogens is 1. The van der Waals surface area contributed by atoms with E-state index in [1.165, 1.54) is 42.5 Å². The fourth-order valence-electron chi connectivity index (χ4n) is 4.30. The second-order valence-corrected chi connectivity index (χ2v) is 9.25. The van der Waals surface area contributed by atoms with E-state index in [0.29, 0.717) is 35.3 Å². The molecule has 0 bridgehead atoms. The highest BCUT2D eigenvalue weighted by Crippen LogP contribution is 2.33. The maximum absolute atomic E-state index is 13.6. The number of amides is 1. The summed E-state index contributed by atoms with van der Waals surface area (Å²) in [6.07, 6.45) is 0.517. The van der Waals surface area contributed by atoms with Gasteiger partial charge in [0.15, 0.2) is 0 Å². The van der Waals surface area contributed by atoms with Crippen LogP contribution >= 0.6 is 11.3 Å². The van der Waals surface area contributed by atoms with E-state index in [4.69, 9.17) is 5.26 Å². The fourth-order valence-corrected chi connectivity index (χ4v) is 5.65. The summed E-state index contributed by atoms with van der Waals surface area (Å²) < 4.78 is 16.2. The van der Waals surface area contributed by atoms with Crippen LogP contribution < -0.4 is 11.2 Å². The Bertz CT molecular complexity index is 1590. The smallest absolute Gasteiger partial charge is 0.337 e. The predicted octanol–water partition coefficient (Wildman–Crippen LogP) is 3.18. The van der Waals surface area contributed by atoms with Crippen molar-refractivity contribution in [2.24, 2.45) is 0 Å². The van der Waals surface area contributed by atoms with Crippen LogP contribution in [0.2, 0.25) is 0 Å². The average Bonchev–Trinajstić information content (AvgIpc) is 3.22. The minimum atomic E-state index is -0.532. The molecule has 2 aromatic carbocycles. The molecule has 0 fully saturated rings. The maximum atomic E-state index is 13.6.